The van der Waals surface area contributed by atoms with E-state index in [1.165, 1.54) is 11.1 Å². The Morgan fingerprint density at radius 3 is 2.17 bits per heavy atom. The Morgan fingerprint density at radius 1 is 1.00 bits per heavy atom. The predicted molar refractivity (Wildman–Crippen MR) is 126 cm³/mol. The average Bonchev–Trinajstić information content (AvgIpc) is 2.71. The van der Waals surface area contributed by atoms with Crippen molar-refractivity contribution >= 4 is 17.6 Å². The molecule has 0 radical (unpaired) electrons. The minimum absolute atomic E-state index is 0.0819. The Morgan fingerprint density at radius 2 is 1.60 bits per heavy atom. The first-order valence-corrected chi connectivity index (χ1v) is 11.5. The summed E-state index contributed by atoms with van der Waals surface area (Å²) in [6.07, 6.45) is 3.23. The lowest BCUT2D eigenvalue weighted by Crippen LogP contribution is -2.39. The fraction of sp³-hybridized carbons (Fsp3) is 0.500. The van der Waals surface area contributed by atoms with E-state index < -0.39 is 5.60 Å². The number of hydrogen-bond donors (Lipinski definition) is 0. The molecule has 0 fully saturated rings. The van der Waals surface area contributed by atoms with Crippen LogP contribution in [0.15, 0.2) is 60.7 Å². The molecule has 0 spiro atoms. The molecular weight excluding hydrogens is 394 g/mol. The third-order valence-corrected chi connectivity index (χ3v) is 5.47. The molecule has 2 atom stereocenters. The van der Waals surface area contributed by atoms with Crippen molar-refractivity contribution in [1.82, 2.24) is 4.90 Å². The van der Waals surface area contributed by atoms with Crippen LogP contribution in [0.3, 0.4) is 0 Å². The number of alkyl halides is 1. The molecule has 0 saturated carbocycles. The van der Waals surface area contributed by atoms with Gasteiger partial charge in [0.2, 0.25) is 0 Å². The van der Waals surface area contributed by atoms with E-state index >= 15 is 0 Å². The molecule has 30 heavy (non-hydrogen) atoms. The molecule has 0 heterocycles. The number of nitrogens with zero attached hydrogens (tertiary/aromatic N) is 1. The van der Waals surface area contributed by atoms with E-state index in [0.717, 1.165) is 25.8 Å². The van der Waals surface area contributed by atoms with Gasteiger partial charge in [-0.2, -0.15) is 0 Å². The van der Waals surface area contributed by atoms with E-state index in [1.54, 1.807) is 0 Å². The van der Waals surface area contributed by atoms with E-state index in [2.05, 4.69) is 60.4 Å². The van der Waals surface area contributed by atoms with Crippen molar-refractivity contribution in [3.63, 3.8) is 0 Å². The van der Waals surface area contributed by atoms with Gasteiger partial charge in [-0.1, -0.05) is 67.1 Å². The fourth-order valence-electron chi connectivity index (χ4n) is 3.73. The second-order valence-corrected chi connectivity index (χ2v) is 9.25. The van der Waals surface area contributed by atoms with Gasteiger partial charge < -0.3 is 4.74 Å². The lowest BCUT2D eigenvalue weighted by molar-refractivity contribution is -0.156. The first-order valence-electron chi connectivity index (χ1n) is 10.9. The van der Waals surface area contributed by atoms with Crippen LogP contribution in [0, 0.1) is 0 Å². The molecule has 0 saturated heterocycles. The summed E-state index contributed by atoms with van der Waals surface area (Å²) in [7, 11) is 0. The molecule has 0 aliphatic carbocycles. The van der Waals surface area contributed by atoms with Gasteiger partial charge in [0.15, 0.2) is 0 Å². The lowest BCUT2D eigenvalue weighted by Gasteiger charge is -2.37. The summed E-state index contributed by atoms with van der Waals surface area (Å²) < 4.78 is 5.67. The molecule has 0 unspecified atom stereocenters. The molecule has 0 aliphatic heterocycles. The minimum atomic E-state index is -0.479. The number of rotatable bonds is 11. The maximum atomic E-state index is 12.7. The molecule has 3 nitrogen and oxygen atoms in total. The molecule has 164 valence electrons. The second-order valence-electron chi connectivity index (χ2n) is 8.87. The van der Waals surface area contributed by atoms with Crippen LogP contribution in [-0.4, -0.2) is 28.4 Å². The normalized spacial score (nSPS) is 13.8. The van der Waals surface area contributed by atoms with E-state index in [9.17, 15) is 4.79 Å². The summed E-state index contributed by atoms with van der Waals surface area (Å²) in [4.78, 5) is 15.2. The van der Waals surface area contributed by atoms with Crippen molar-refractivity contribution in [2.24, 2.45) is 0 Å². The topological polar surface area (TPSA) is 29.5 Å². The van der Waals surface area contributed by atoms with Crippen LogP contribution < -0.4 is 0 Å². The number of hydrogen-bond acceptors (Lipinski definition) is 3. The zero-order chi connectivity index (χ0) is 22.0. The van der Waals surface area contributed by atoms with Crippen LogP contribution in [0.5, 0.6) is 0 Å². The number of halogens is 1. The lowest BCUT2D eigenvalue weighted by atomic mass is 9.98. The van der Waals surface area contributed by atoms with Gasteiger partial charge in [0.1, 0.15) is 5.60 Å². The smallest absolute Gasteiger partial charge is 0.307 e. The van der Waals surface area contributed by atoms with Crippen molar-refractivity contribution in [3.8, 4) is 0 Å². The second kappa shape index (κ2) is 12.1. The highest BCUT2D eigenvalue weighted by atomic mass is 35.5. The fourth-order valence-corrected chi connectivity index (χ4v) is 3.92. The zero-order valence-corrected chi connectivity index (χ0v) is 19.6. The van der Waals surface area contributed by atoms with Crippen molar-refractivity contribution < 1.29 is 9.53 Å². The van der Waals surface area contributed by atoms with E-state index in [-0.39, 0.29) is 18.1 Å². The minimum Gasteiger partial charge on any atom is -0.460 e. The van der Waals surface area contributed by atoms with Crippen molar-refractivity contribution in [1.29, 1.82) is 0 Å². The summed E-state index contributed by atoms with van der Waals surface area (Å²) >= 11 is 5.94. The van der Waals surface area contributed by atoms with Gasteiger partial charge in [-0.25, -0.2) is 0 Å². The van der Waals surface area contributed by atoms with Crippen LogP contribution in [0.2, 0.25) is 0 Å². The van der Waals surface area contributed by atoms with Gasteiger partial charge in [-0.3, -0.25) is 9.69 Å². The van der Waals surface area contributed by atoms with Crippen molar-refractivity contribution in [3.05, 3.63) is 71.8 Å². The number of unbranched alkanes of at least 4 members (excludes halogenated alkanes) is 1. The Bertz CT molecular complexity index is 743. The summed E-state index contributed by atoms with van der Waals surface area (Å²) in [5, 5.41) is 0. The van der Waals surface area contributed by atoms with Gasteiger partial charge in [0.05, 0.1) is 6.42 Å². The van der Waals surface area contributed by atoms with Gasteiger partial charge in [-0.05, 0) is 51.7 Å². The Balaban J connectivity index is 2.30. The van der Waals surface area contributed by atoms with Gasteiger partial charge in [-0.15, -0.1) is 11.6 Å². The quantitative estimate of drug-likeness (QED) is 0.224. The molecule has 4 heteroatoms. The molecule has 0 N–H and O–H groups in total. The van der Waals surface area contributed by atoms with E-state index in [1.807, 2.05) is 32.9 Å². The Labute approximate surface area is 187 Å². The van der Waals surface area contributed by atoms with E-state index in [4.69, 9.17) is 16.3 Å². The highest BCUT2D eigenvalue weighted by molar-refractivity contribution is 6.17. The summed E-state index contributed by atoms with van der Waals surface area (Å²) in [6.45, 7) is 8.76. The number of benzene rings is 2. The molecule has 2 aromatic rings. The summed E-state index contributed by atoms with van der Waals surface area (Å²) in [5.74, 6) is 0.503. The van der Waals surface area contributed by atoms with Crippen LogP contribution in [0.4, 0.5) is 0 Å². The number of esters is 1. The standard InChI is InChI=1S/C26H36ClNO2/c1-21(23-15-9-6-10-16-23)28(20-22-13-7-5-8-14-22)24(17-11-12-18-27)19-25(29)30-26(2,3)4/h5-10,13-16,21,24H,11-12,17-20H2,1-4H3/t21-,24-/m1/s1. The zero-order valence-electron chi connectivity index (χ0n) is 18.8. The third kappa shape index (κ3) is 8.49. The first kappa shape index (κ1) is 24.4. The van der Waals surface area contributed by atoms with Crippen LogP contribution >= 0.6 is 11.6 Å². The van der Waals surface area contributed by atoms with Crippen molar-refractivity contribution in [2.45, 2.75) is 77.6 Å². The highest BCUT2D eigenvalue weighted by Gasteiger charge is 2.28. The van der Waals surface area contributed by atoms with Gasteiger partial charge in [0, 0.05) is 24.5 Å². The Kier molecular flexibility index (Phi) is 9.87. The van der Waals surface area contributed by atoms with E-state index in [0.29, 0.717) is 12.3 Å². The number of carbonyl (C=O) groups is 1. The Hall–Kier alpha value is -1.84. The highest BCUT2D eigenvalue weighted by Crippen LogP contribution is 2.29. The average molecular weight is 430 g/mol. The van der Waals surface area contributed by atoms with Gasteiger partial charge in [0.25, 0.3) is 0 Å². The monoisotopic (exact) mass is 429 g/mol. The molecule has 2 aromatic carbocycles. The molecule has 0 aromatic heterocycles. The maximum Gasteiger partial charge on any atom is 0.307 e. The maximum absolute atomic E-state index is 12.7. The third-order valence-electron chi connectivity index (χ3n) is 5.20. The molecule has 0 bridgehead atoms. The van der Waals surface area contributed by atoms with Crippen molar-refractivity contribution in [2.75, 3.05) is 5.88 Å². The molecular formula is C26H36ClNO2. The van der Waals surface area contributed by atoms with Crippen LogP contribution in [0.1, 0.15) is 70.5 Å². The molecule has 0 amide bonds. The van der Waals surface area contributed by atoms with Gasteiger partial charge >= 0.3 is 5.97 Å². The summed E-state index contributed by atoms with van der Waals surface area (Å²) in [5.41, 5.74) is 2.01. The van der Waals surface area contributed by atoms with Crippen LogP contribution in [0.25, 0.3) is 0 Å². The first-order chi connectivity index (χ1) is 14.3. The number of ether oxygens (including phenoxy) is 1. The number of carbonyl (C=O) groups excluding carboxylic acids is 1. The molecule has 0 aliphatic rings. The predicted octanol–water partition coefficient (Wildman–Crippen LogP) is 6.76. The van der Waals surface area contributed by atoms with Crippen LogP contribution in [-0.2, 0) is 16.1 Å². The molecule has 2 rings (SSSR count). The summed E-state index contributed by atoms with van der Waals surface area (Å²) in [6, 6.07) is 21.2. The SMILES string of the molecule is C[C@H](c1ccccc1)N(Cc1ccccc1)[C@H](CCCCCl)CC(=O)OC(C)(C)C. The largest absolute Gasteiger partial charge is 0.460 e.